The lowest BCUT2D eigenvalue weighted by Crippen LogP contribution is -2.15. The lowest BCUT2D eigenvalue weighted by Gasteiger charge is -2.19. The highest BCUT2D eigenvalue weighted by Crippen LogP contribution is 2.30. The number of hydrogen-bond donors (Lipinski definition) is 1. The second-order valence-electron chi connectivity index (χ2n) is 5.49. The first-order valence-corrected chi connectivity index (χ1v) is 7.42. The van der Waals surface area contributed by atoms with Gasteiger partial charge in [-0.15, -0.1) is 0 Å². The maximum absolute atomic E-state index is 13.6. The molecule has 0 fully saturated rings. The van der Waals surface area contributed by atoms with Crippen molar-refractivity contribution in [2.45, 2.75) is 26.2 Å². The molecule has 0 aromatic heterocycles. The van der Waals surface area contributed by atoms with E-state index in [0.717, 1.165) is 29.5 Å². The Hall–Kier alpha value is -2.69. The molecule has 0 saturated heterocycles. The third-order valence-electron chi connectivity index (χ3n) is 4.05. The fourth-order valence-corrected chi connectivity index (χ4v) is 2.77. The molecule has 0 bridgehead atoms. The maximum Gasteiger partial charge on any atom is 0.368 e. The van der Waals surface area contributed by atoms with Gasteiger partial charge in [-0.2, -0.15) is 0 Å². The minimum absolute atomic E-state index is 0.144. The second kappa shape index (κ2) is 6.20. The van der Waals surface area contributed by atoms with Crippen molar-refractivity contribution < 1.29 is 19.1 Å². The molecule has 1 N–H and O–H groups in total. The first-order valence-electron chi connectivity index (χ1n) is 7.42. The summed E-state index contributed by atoms with van der Waals surface area (Å²) in [5.41, 5.74) is 3.19. The van der Waals surface area contributed by atoms with E-state index in [9.17, 15) is 14.3 Å². The third-order valence-corrected chi connectivity index (χ3v) is 4.05. The maximum atomic E-state index is 13.6. The van der Waals surface area contributed by atoms with Gasteiger partial charge in [-0.3, -0.25) is 0 Å². The van der Waals surface area contributed by atoms with Crippen LogP contribution >= 0.6 is 0 Å². The molecule has 5 heteroatoms. The molecule has 0 spiro atoms. The Morgan fingerprint density at radius 3 is 2.78 bits per heavy atom. The van der Waals surface area contributed by atoms with E-state index in [2.05, 4.69) is 5.16 Å². The highest BCUT2D eigenvalue weighted by Gasteiger charge is 2.20. The lowest BCUT2D eigenvalue weighted by molar-refractivity contribution is 0.0510. The fraction of sp³-hybridized carbons (Fsp3) is 0.222. The molecule has 0 unspecified atom stereocenters. The van der Waals surface area contributed by atoms with Gasteiger partial charge in [0.25, 0.3) is 0 Å². The molecular formula is C18H16FNO3. The number of aromatic hydroxyl groups is 1. The summed E-state index contributed by atoms with van der Waals surface area (Å²) >= 11 is 0. The summed E-state index contributed by atoms with van der Waals surface area (Å²) in [7, 11) is 0. The van der Waals surface area contributed by atoms with Crippen LogP contribution in [0.15, 0.2) is 41.6 Å². The lowest BCUT2D eigenvalue weighted by atomic mass is 9.87. The molecule has 0 radical (unpaired) electrons. The second-order valence-corrected chi connectivity index (χ2v) is 5.49. The molecule has 2 aromatic rings. The summed E-state index contributed by atoms with van der Waals surface area (Å²) < 4.78 is 13.6. The number of halogens is 1. The van der Waals surface area contributed by atoms with Crippen molar-refractivity contribution in [2.75, 3.05) is 0 Å². The van der Waals surface area contributed by atoms with Crippen LogP contribution < -0.4 is 0 Å². The summed E-state index contributed by atoms with van der Waals surface area (Å²) in [5.74, 6) is -1.21. The van der Waals surface area contributed by atoms with Crippen LogP contribution in [0.25, 0.3) is 0 Å². The number of nitrogens with zero attached hydrogens (tertiary/aromatic N) is 1. The number of phenolic OH excluding ortho intramolecular Hbond substituents is 1. The van der Waals surface area contributed by atoms with Crippen LogP contribution in [0, 0.1) is 12.7 Å². The van der Waals surface area contributed by atoms with Crippen LogP contribution in [-0.2, 0) is 11.3 Å². The average molecular weight is 313 g/mol. The van der Waals surface area contributed by atoms with E-state index in [1.165, 1.54) is 18.2 Å². The SMILES string of the molecule is Cc1c(O)ccc2c1CCCC2=NOC(=O)c1ccccc1F. The molecule has 0 amide bonds. The van der Waals surface area contributed by atoms with Crippen LogP contribution in [0.1, 0.15) is 39.9 Å². The van der Waals surface area contributed by atoms with Crippen LogP contribution in [0.5, 0.6) is 5.75 Å². The van der Waals surface area contributed by atoms with Gasteiger partial charge >= 0.3 is 5.97 Å². The van der Waals surface area contributed by atoms with E-state index in [0.29, 0.717) is 12.1 Å². The van der Waals surface area contributed by atoms with Crippen molar-refractivity contribution in [3.05, 3.63) is 64.5 Å². The Kier molecular flexibility index (Phi) is 4.10. The summed E-state index contributed by atoms with van der Waals surface area (Å²) in [4.78, 5) is 16.9. The van der Waals surface area contributed by atoms with Gasteiger partial charge in [-0.05, 0) is 61.6 Å². The predicted octanol–water partition coefficient (Wildman–Crippen LogP) is 3.74. The van der Waals surface area contributed by atoms with Crippen LogP contribution in [0.3, 0.4) is 0 Å². The normalized spacial score (nSPS) is 15.3. The molecule has 23 heavy (non-hydrogen) atoms. The van der Waals surface area contributed by atoms with Gasteiger partial charge in [-0.25, -0.2) is 9.18 Å². The zero-order valence-electron chi connectivity index (χ0n) is 12.7. The Morgan fingerprint density at radius 2 is 2.00 bits per heavy atom. The summed E-state index contributed by atoms with van der Waals surface area (Å²) in [5, 5.41) is 13.7. The number of carbonyl (C=O) groups excluding carboxylic acids is 1. The number of phenols is 1. The minimum Gasteiger partial charge on any atom is -0.508 e. The smallest absolute Gasteiger partial charge is 0.368 e. The van der Waals surface area contributed by atoms with E-state index in [1.54, 1.807) is 18.2 Å². The summed E-state index contributed by atoms with van der Waals surface area (Å²) in [6.45, 7) is 1.85. The number of rotatable bonds is 2. The van der Waals surface area contributed by atoms with E-state index in [-0.39, 0.29) is 11.3 Å². The quantitative estimate of drug-likeness (QED) is 0.679. The van der Waals surface area contributed by atoms with Crippen LogP contribution in [0.4, 0.5) is 4.39 Å². The van der Waals surface area contributed by atoms with Gasteiger partial charge < -0.3 is 9.94 Å². The first kappa shape index (κ1) is 15.2. The largest absolute Gasteiger partial charge is 0.508 e. The predicted molar refractivity (Wildman–Crippen MR) is 84.1 cm³/mol. The minimum atomic E-state index is -0.821. The fourth-order valence-electron chi connectivity index (χ4n) is 2.77. The molecule has 0 aliphatic heterocycles. The third kappa shape index (κ3) is 2.95. The first-order chi connectivity index (χ1) is 11.1. The van der Waals surface area contributed by atoms with Gasteiger partial charge in [0, 0.05) is 5.56 Å². The zero-order chi connectivity index (χ0) is 16.4. The van der Waals surface area contributed by atoms with Gasteiger partial charge in [0.2, 0.25) is 0 Å². The van der Waals surface area contributed by atoms with Crippen LogP contribution in [-0.4, -0.2) is 16.8 Å². The van der Waals surface area contributed by atoms with Crippen molar-refractivity contribution in [2.24, 2.45) is 5.16 Å². The van der Waals surface area contributed by atoms with Crippen LogP contribution in [0.2, 0.25) is 0 Å². The molecule has 118 valence electrons. The van der Waals surface area contributed by atoms with Crippen molar-refractivity contribution in [3.63, 3.8) is 0 Å². The van der Waals surface area contributed by atoms with E-state index < -0.39 is 11.8 Å². The molecule has 2 aromatic carbocycles. The molecule has 3 rings (SSSR count). The van der Waals surface area contributed by atoms with Crippen molar-refractivity contribution in [3.8, 4) is 5.75 Å². The van der Waals surface area contributed by atoms with Gasteiger partial charge in [-0.1, -0.05) is 17.3 Å². The van der Waals surface area contributed by atoms with E-state index >= 15 is 0 Å². The van der Waals surface area contributed by atoms with Crippen molar-refractivity contribution >= 4 is 11.7 Å². The Bertz CT molecular complexity index is 799. The molecule has 0 atom stereocenters. The molecule has 1 aliphatic rings. The number of benzene rings is 2. The van der Waals surface area contributed by atoms with E-state index in [4.69, 9.17) is 4.84 Å². The number of oxime groups is 1. The van der Waals surface area contributed by atoms with Gasteiger partial charge in [0.05, 0.1) is 11.3 Å². The number of fused-ring (bicyclic) bond motifs is 1. The van der Waals surface area contributed by atoms with E-state index in [1.807, 2.05) is 6.92 Å². The van der Waals surface area contributed by atoms with Gasteiger partial charge in [0.1, 0.15) is 11.6 Å². The molecule has 1 aliphatic carbocycles. The average Bonchev–Trinajstić information content (AvgIpc) is 2.56. The molecule has 4 nitrogen and oxygen atoms in total. The van der Waals surface area contributed by atoms with Crippen molar-refractivity contribution in [1.82, 2.24) is 0 Å². The molecule has 0 saturated carbocycles. The summed E-state index contributed by atoms with van der Waals surface area (Å²) in [6, 6.07) is 9.00. The number of carbonyl (C=O) groups is 1. The Labute approximate surface area is 133 Å². The number of hydrogen-bond acceptors (Lipinski definition) is 4. The highest BCUT2D eigenvalue weighted by atomic mass is 19.1. The topological polar surface area (TPSA) is 58.9 Å². The molecule has 0 heterocycles. The summed E-state index contributed by atoms with van der Waals surface area (Å²) in [6.07, 6.45) is 2.37. The monoisotopic (exact) mass is 313 g/mol. The standard InChI is InChI=1S/C18H16FNO3/c1-11-12-6-4-8-16(13(12)9-10-17(11)21)20-23-18(22)14-5-2-3-7-15(14)19/h2-3,5,7,9-10,21H,4,6,8H2,1H3. The van der Waals surface area contributed by atoms with Crippen molar-refractivity contribution in [1.29, 1.82) is 0 Å². The Balaban J connectivity index is 1.87. The highest BCUT2D eigenvalue weighted by molar-refractivity contribution is 6.03. The molecular weight excluding hydrogens is 297 g/mol. The zero-order valence-corrected chi connectivity index (χ0v) is 12.7. The van der Waals surface area contributed by atoms with Gasteiger partial charge in [0.15, 0.2) is 0 Å². The Morgan fingerprint density at radius 1 is 1.22 bits per heavy atom.